The molecule has 0 atom stereocenters. The lowest BCUT2D eigenvalue weighted by molar-refractivity contribution is -0.113. The number of hydrogen-bond acceptors (Lipinski definition) is 6. The minimum absolute atomic E-state index is 0.174. The number of carbonyl (C=O) groups excluding carboxylic acids is 1. The first kappa shape index (κ1) is 22.1. The van der Waals surface area contributed by atoms with E-state index in [-0.39, 0.29) is 18.3 Å². The van der Waals surface area contributed by atoms with Crippen molar-refractivity contribution >= 4 is 35.0 Å². The first-order chi connectivity index (χ1) is 14.6. The molecule has 2 aromatic carbocycles. The van der Waals surface area contributed by atoms with Gasteiger partial charge in [0, 0.05) is 13.7 Å². The van der Waals surface area contributed by atoms with Crippen LogP contribution in [0.1, 0.15) is 11.4 Å². The molecule has 7 nitrogen and oxygen atoms in total. The summed E-state index contributed by atoms with van der Waals surface area (Å²) in [5.74, 6) is 1.43. The summed E-state index contributed by atoms with van der Waals surface area (Å²) in [5, 5.41) is 12.4. The van der Waals surface area contributed by atoms with E-state index in [1.165, 1.54) is 17.3 Å². The second-order valence-electron chi connectivity index (χ2n) is 6.46. The zero-order valence-electron chi connectivity index (χ0n) is 16.8. The van der Waals surface area contributed by atoms with E-state index in [0.717, 1.165) is 5.75 Å². The molecule has 1 N–H and O–H groups in total. The first-order valence-corrected chi connectivity index (χ1v) is 10.7. The molecule has 3 rings (SSSR count). The van der Waals surface area contributed by atoms with Gasteiger partial charge in [-0.1, -0.05) is 53.2 Å². The van der Waals surface area contributed by atoms with Crippen LogP contribution in [0.4, 0.5) is 5.69 Å². The summed E-state index contributed by atoms with van der Waals surface area (Å²) in [6, 6.07) is 14.9. The zero-order valence-corrected chi connectivity index (χ0v) is 18.4. The molecule has 0 aliphatic rings. The number of nitrogens with one attached hydrogen (secondary N) is 1. The van der Waals surface area contributed by atoms with Gasteiger partial charge in [-0.3, -0.25) is 4.79 Å². The van der Waals surface area contributed by atoms with Gasteiger partial charge in [0.05, 0.1) is 23.1 Å². The number of aromatic nitrogens is 3. The quantitative estimate of drug-likeness (QED) is 0.470. The maximum Gasteiger partial charge on any atom is 0.234 e. The minimum Gasteiger partial charge on any atom is -0.486 e. The third-order valence-electron chi connectivity index (χ3n) is 4.18. The van der Waals surface area contributed by atoms with Gasteiger partial charge in [-0.25, -0.2) is 0 Å². The molecule has 30 heavy (non-hydrogen) atoms. The molecule has 0 bridgehead atoms. The molecule has 1 heterocycles. The van der Waals surface area contributed by atoms with E-state index in [1.807, 2.05) is 47.9 Å². The van der Waals surface area contributed by atoms with E-state index >= 15 is 0 Å². The third kappa shape index (κ3) is 6.22. The molecule has 158 valence electrons. The maximum atomic E-state index is 12.3. The predicted octanol–water partition coefficient (Wildman–Crippen LogP) is 4.20. The Morgan fingerprint density at radius 2 is 1.93 bits per heavy atom. The van der Waals surface area contributed by atoms with Crippen LogP contribution in [0.15, 0.2) is 53.7 Å². The van der Waals surface area contributed by atoms with Crippen molar-refractivity contribution in [2.45, 2.75) is 25.2 Å². The van der Waals surface area contributed by atoms with E-state index in [1.54, 1.807) is 19.2 Å². The summed E-state index contributed by atoms with van der Waals surface area (Å²) in [6.45, 7) is 3.35. The highest BCUT2D eigenvalue weighted by atomic mass is 35.5. The molecule has 1 aromatic heterocycles. The number of benzene rings is 2. The lowest BCUT2D eigenvalue weighted by Crippen LogP contribution is -2.16. The van der Waals surface area contributed by atoms with Crippen LogP contribution in [-0.2, 0) is 22.7 Å². The van der Waals surface area contributed by atoms with Gasteiger partial charge in [0.2, 0.25) is 5.91 Å². The maximum absolute atomic E-state index is 12.3. The number of rotatable bonds is 10. The molecular formula is C21H23ClN4O3S. The second-order valence-corrected chi connectivity index (χ2v) is 7.81. The highest BCUT2D eigenvalue weighted by Crippen LogP contribution is 2.22. The van der Waals surface area contributed by atoms with E-state index in [0.29, 0.717) is 34.8 Å². The molecule has 0 radical (unpaired) electrons. The summed E-state index contributed by atoms with van der Waals surface area (Å²) >= 11 is 7.39. The van der Waals surface area contributed by atoms with Gasteiger partial charge >= 0.3 is 0 Å². The number of carbonyl (C=O) groups is 1. The average Bonchev–Trinajstić information content (AvgIpc) is 3.13. The van der Waals surface area contributed by atoms with Gasteiger partial charge in [0.1, 0.15) is 12.4 Å². The van der Waals surface area contributed by atoms with Crippen molar-refractivity contribution in [2.24, 2.45) is 0 Å². The molecule has 9 heteroatoms. The number of aryl methyl sites for hydroxylation is 1. The Morgan fingerprint density at radius 3 is 2.67 bits per heavy atom. The molecule has 0 spiro atoms. The zero-order chi connectivity index (χ0) is 21.3. The van der Waals surface area contributed by atoms with Crippen molar-refractivity contribution in [1.82, 2.24) is 14.8 Å². The molecule has 0 saturated heterocycles. The number of para-hydroxylation sites is 1. The highest BCUT2D eigenvalue weighted by molar-refractivity contribution is 7.99. The number of anilines is 1. The van der Waals surface area contributed by atoms with E-state index in [2.05, 4.69) is 15.5 Å². The van der Waals surface area contributed by atoms with Crippen molar-refractivity contribution in [3.05, 3.63) is 64.9 Å². The van der Waals surface area contributed by atoms with Crippen LogP contribution in [0, 0.1) is 6.92 Å². The fourth-order valence-electron chi connectivity index (χ4n) is 2.60. The van der Waals surface area contributed by atoms with Gasteiger partial charge in [-0.15, -0.1) is 10.2 Å². The Labute approximate surface area is 184 Å². The first-order valence-electron chi connectivity index (χ1n) is 9.34. The van der Waals surface area contributed by atoms with Gasteiger partial charge in [0.25, 0.3) is 0 Å². The van der Waals surface area contributed by atoms with E-state index in [9.17, 15) is 4.79 Å². The van der Waals surface area contributed by atoms with E-state index in [4.69, 9.17) is 21.1 Å². The number of thioether (sulfide) groups is 1. The van der Waals surface area contributed by atoms with Gasteiger partial charge in [0.15, 0.2) is 11.0 Å². The molecule has 0 fully saturated rings. The number of methoxy groups -OCH3 is 1. The highest BCUT2D eigenvalue weighted by Gasteiger charge is 2.15. The van der Waals surface area contributed by atoms with Crippen LogP contribution >= 0.6 is 23.4 Å². The number of halogens is 1. The Balaban J connectivity index is 1.62. The minimum atomic E-state index is -0.174. The molecule has 0 aliphatic heterocycles. The Morgan fingerprint density at radius 1 is 1.17 bits per heavy atom. The second kappa shape index (κ2) is 11.0. The topological polar surface area (TPSA) is 78.3 Å². The largest absolute Gasteiger partial charge is 0.486 e. The van der Waals surface area contributed by atoms with Crippen LogP contribution in [0.3, 0.4) is 0 Å². The molecule has 0 aliphatic carbocycles. The Kier molecular flexibility index (Phi) is 8.12. The normalized spacial score (nSPS) is 10.8. The smallest absolute Gasteiger partial charge is 0.234 e. The van der Waals surface area contributed by atoms with Gasteiger partial charge < -0.3 is 19.4 Å². The summed E-state index contributed by atoms with van der Waals surface area (Å²) < 4.78 is 12.9. The van der Waals surface area contributed by atoms with Crippen molar-refractivity contribution in [1.29, 1.82) is 0 Å². The summed E-state index contributed by atoms with van der Waals surface area (Å²) in [7, 11) is 1.64. The Hall–Kier alpha value is -2.55. The summed E-state index contributed by atoms with van der Waals surface area (Å²) in [4.78, 5) is 12.3. The fourth-order valence-corrected chi connectivity index (χ4v) is 3.57. The van der Waals surface area contributed by atoms with Gasteiger partial charge in [-0.2, -0.15) is 0 Å². The van der Waals surface area contributed by atoms with Crippen LogP contribution in [0.2, 0.25) is 5.02 Å². The number of hydrogen-bond donors (Lipinski definition) is 1. The third-order valence-corrected chi connectivity index (χ3v) is 5.48. The number of amides is 1. The van der Waals surface area contributed by atoms with Crippen LogP contribution in [-0.4, -0.2) is 40.1 Å². The van der Waals surface area contributed by atoms with Gasteiger partial charge in [-0.05, 0) is 31.2 Å². The van der Waals surface area contributed by atoms with Crippen molar-refractivity contribution in [3.63, 3.8) is 0 Å². The number of nitrogens with zero attached hydrogens (tertiary/aromatic N) is 3. The monoisotopic (exact) mass is 446 g/mol. The van der Waals surface area contributed by atoms with E-state index < -0.39 is 0 Å². The average molecular weight is 447 g/mol. The Bertz CT molecular complexity index is 979. The molecule has 1 amide bonds. The van der Waals surface area contributed by atoms with Crippen LogP contribution < -0.4 is 10.1 Å². The SMILES string of the molecule is COCCn1c(COc2ccc(C)cc2)nnc1SCC(=O)Nc1ccccc1Cl. The van der Waals surface area contributed by atoms with Crippen LogP contribution in [0.25, 0.3) is 0 Å². The predicted molar refractivity (Wildman–Crippen MR) is 118 cm³/mol. The lowest BCUT2D eigenvalue weighted by Gasteiger charge is -2.11. The van der Waals surface area contributed by atoms with Crippen LogP contribution in [0.5, 0.6) is 5.75 Å². The summed E-state index contributed by atoms with van der Waals surface area (Å²) in [5.41, 5.74) is 1.75. The number of ether oxygens (including phenoxy) is 2. The van der Waals surface area contributed by atoms with Crippen molar-refractivity contribution in [3.8, 4) is 5.75 Å². The fraction of sp³-hybridized carbons (Fsp3) is 0.286. The standard InChI is InChI=1S/C21H23ClN4O3S/c1-15-7-9-16(10-8-15)29-13-19-24-25-21(26(19)11-12-28-2)30-14-20(27)23-18-6-4-3-5-17(18)22/h3-10H,11-14H2,1-2H3,(H,23,27). The summed E-state index contributed by atoms with van der Waals surface area (Å²) in [6.07, 6.45) is 0. The molecular weight excluding hydrogens is 424 g/mol. The van der Waals surface area contributed by atoms with Crippen molar-refractivity contribution in [2.75, 3.05) is 24.8 Å². The lowest BCUT2D eigenvalue weighted by atomic mass is 10.2. The molecule has 3 aromatic rings. The molecule has 0 unspecified atom stereocenters. The van der Waals surface area contributed by atoms with Crippen molar-refractivity contribution < 1.29 is 14.3 Å². The molecule has 0 saturated carbocycles.